The minimum atomic E-state index is -0.986. The van der Waals surface area contributed by atoms with Crippen molar-refractivity contribution in [2.45, 2.75) is 0 Å². The van der Waals surface area contributed by atoms with Gasteiger partial charge in [-0.3, -0.25) is 4.48 Å². The van der Waals surface area contributed by atoms with Crippen molar-refractivity contribution in [3.8, 4) is 0 Å². The molecule has 1 aromatic rings. The van der Waals surface area contributed by atoms with E-state index in [1.165, 1.54) is 0 Å². The molecule has 0 unspecified atom stereocenters. The zero-order valence-corrected chi connectivity index (χ0v) is 11.2. The fraction of sp³-hybridized carbons (Fsp3) is 0.333. The summed E-state index contributed by atoms with van der Waals surface area (Å²) in [6.07, 6.45) is 2.46. The molecule has 1 saturated heterocycles. The van der Waals surface area contributed by atoms with Crippen molar-refractivity contribution >= 4 is 18.5 Å². The maximum absolute atomic E-state index is 11.4. The summed E-state index contributed by atoms with van der Waals surface area (Å²) in [5.41, 5.74) is 1.06. The number of benzene rings is 1. The first kappa shape index (κ1) is 14.4. The molecule has 1 aliphatic heterocycles. The number of carbonyl (C=O) groups is 2. The number of carboxylic acid groups (broad SMARTS) is 1. The lowest BCUT2D eigenvalue weighted by Crippen LogP contribution is -2.55. The molecule has 1 amide bonds. The number of morpholine rings is 1. The third kappa shape index (κ3) is 3.53. The van der Waals surface area contributed by atoms with E-state index in [2.05, 4.69) is 0 Å². The van der Waals surface area contributed by atoms with Crippen LogP contribution < -0.4 is 0 Å². The molecule has 0 saturated carbocycles. The summed E-state index contributed by atoms with van der Waals surface area (Å²) in [4.78, 5) is 22.8. The van der Waals surface area contributed by atoms with Crippen LogP contribution in [0.4, 0.5) is 0 Å². The number of hydrogen-bond acceptors (Lipinski definition) is 3. The van der Waals surface area contributed by atoms with Crippen molar-refractivity contribution in [3.63, 3.8) is 0 Å². The van der Waals surface area contributed by atoms with Crippen LogP contribution in [0.1, 0.15) is 5.56 Å². The summed E-state index contributed by atoms with van der Waals surface area (Å²) in [5.74, 6) is -0.986. The Kier molecular flexibility index (Phi) is 4.65. The second-order valence-corrected chi connectivity index (χ2v) is 4.93. The lowest BCUT2D eigenvalue weighted by molar-refractivity contribution is -0.849. The fourth-order valence-electron chi connectivity index (χ4n) is 2.27. The molecule has 5 nitrogen and oxygen atoms in total. The highest BCUT2D eigenvalue weighted by atomic mass is 16.5. The van der Waals surface area contributed by atoms with E-state index in [1.54, 1.807) is 6.08 Å². The van der Waals surface area contributed by atoms with Crippen LogP contribution in [0.3, 0.4) is 0 Å². The summed E-state index contributed by atoms with van der Waals surface area (Å²) < 4.78 is 5.36. The van der Waals surface area contributed by atoms with Gasteiger partial charge in [0.05, 0.1) is 18.8 Å². The van der Waals surface area contributed by atoms with Crippen molar-refractivity contribution in [1.29, 1.82) is 0 Å². The molecule has 5 heteroatoms. The predicted octanol–water partition coefficient (Wildman–Crippen LogP) is 1.16. The normalized spacial score (nSPS) is 18.5. The number of rotatable bonds is 5. The van der Waals surface area contributed by atoms with Crippen molar-refractivity contribution in [2.24, 2.45) is 0 Å². The number of hydrogen-bond donors (Lipinski definition) is 1. The van der Waals surface area contributed by atoms with E-state index in [0.717, 1.165) is 12.0 Å². The van der Waals surface area contributed by atoms with E-state index in [1.807, 2.05) is 30.3 Å². The molecule has 1 fully saturated rings. The molecule has 0 radical (unpaired) electrons. The molecule has 1 aromatic carbocycles. The average molecular weight is 276 g/mol. The third-order valence-electron chi connectivity index (χ3n) is 3.49. The van der Waals surface area contributed by atoms with Gasteiger partial charge >= 0.3 is 12.4 Å². The van der Waals surface area contributed by atoms with Crippen LogP contribution in [0.2, 0.25) is 0 Å². The largest absolute Gasteiger partial charge is 0.478 e. The minimum absolute atomic E-state index is 0.116. The second-order valence-electron chi connectivity index (χ2n) is 4.93. The summed E-state index contributed by atoms with van der Waals surface area (Å²) in [5, 5.41) is 9.35. The molecule has 1 aliphatic rings. The van der Waals surface area contributed by atoms with Gasteiger partial charge in [-0.2, -0.15) is 0 Å². The number of ether oxygens (including phenoxy) is 1. The summed E-state index contributed by atoms with van der Waals surface area (Å²) in [6.45, 7) is 2.19. The Hall–Kier alpha value is -1.98. The molecule has 0 spiro atoms. The van der Waals surface area contributed by atoms with Crippen LogP contribution in [0, 0.1) is 0 Å². The molecule has 2 rings (SSSR count). The number of carboxylic acids is 1. The van der Waals surface area contributed by atoms with Crippen LogP contribution in [-0.2, 0) is 14.3 Å². The molecule has 0 aliphatic carbocycles. The van der Waals surface area contributed by atoms with Gasteiger partial charge in [0.25, 0.3) is 0 Å². The molecule has 20 heavy (non-hydrogen) atoms. The second kappa shape index (κ2) is 6.45. The summed E-state index contributed by atoms with van der Waals surface area (Å²) in [7, 11) is 0. The quantitative estimate of drug-likeness (QED) is 0.498. The standard InChI is InChI=1S/C15H17NO4/c17-12-16(6-8-20-9-7-16)11-14(15(18)19)10-13-4-2-1-3-5-13/h1-5,10,12H,6-9,11H2/p+1. The van der Waals surface area contributed by atoms with Crippen LogP contribution in [0.5, 0.6) is 0 Å². The first-order valence-corrected chi connectivity index (χ1v) is 6.54. The third-order valence-corrected chi connectivity index (χ3v) is 3.49. The lowest BCUT2D eigenvalue weighted by Gasteiger charge is -2.35. The molecular formula is C15H18NO4+. The van der Waals surface area contributed by atoms with Gasteiger partial charge < -0.3 is 9.84 Å². The van der Waals surface area contributed by atoms with E-state index in [0.29, 0.717) is 26.3 Å². The zero-order valence-electron chi connectivity index (χ0n) is 11.2. The highest BCUT2D eigenvalue weighted by molar-refractivity contribution is 5.92. The number of nitrogens with zero attached hydrogens (tertiary/aromatic N) is 1. The van der Waals surface area contributed by atoms with Crippen LogP contribution in [0.25, 0.3) is 6.08 Å². The first-order valence-electron chi connectivity index (χ1n) is 6.54. The Morgan fingerprint density at radius 2 is 1.90 bits per heavy atom. The highest BCUT2D eigenvalue weighted by Crippen LogP contribution is 2.15. The van der Waals surface area contributed by atoms with E-state index in [9.17, 15) is 14.7 Å². The van der Waals surface area contributed by atoms with Crippen molar-refractivity contribution in [3.05, 3.63) is 41.5 Å². The van der Waals surface area contributed by atoms with E-state index >= 15 is 0 Å². The van der Waals surface area contributed by atoms with Gasteiger partial charge in [-0.1, -0.05) is 30.3 Å². The van der Waals surface area contributed by atoms with E-state index in [4.69, 9.17) is 4.74 Å². The average Bonchev–Trinajstić information content (AvgIpc) is 2.48. The molecule has 106 valence electrons. The number of aliphatic carboxylic acids is 1. The molecule has 1 heterocycles. The monoisotopic (exact) mass is 276 g/mol. The lowest BCUT2D eigenvalue weighted by atomic mass is 10.1. The van der Waals surface area contributed by atoms with Gasteiger partial charge in [0.2, 0.25) is 0 Å². The Labute approximate surface area is 117 Å². The smallest absolute Gasteiger partial charge is 0.337 e. The van der Waals surface area contributed by atoms with Gasteiger partial charge in [-0.15, -0.1) is 0 Å². The molecule has 0 atom stereocenters. The van der Waals surface area contributed by atoms with Gasteiger partial charge in [0, 0.05) is 0 Å². The molecular weight excluding hydrogens is 258 g/mol. The maximum Gasteiger partial charge on any atom is 0.337 e. The Morgan fingerprint density at radius 1 is 1.25 bits per heavy atom. The van der Waals surface area contributed by atoms with E-state index in [-0.39, 0.29) is 16.6 Å². The summed E-state index contributed by atoms with van der Waals surface area (Å²) in [6, 6.07) is 9.26. The molecule has 1 N–H and O–H groups in total. The van der Waals surface area contributed by atoms with E-state index < -0.39 is 5.97 Å². The Bertz CT molecular complexity index is 504. The van der Waals surface area contributed by atoms with Crippen molar-refractivity contribution in [1.82, 2.24) is 0 Å². The zero-order chi connectivity index (χ0) is 14.4. The van der Waals surface area contributed by atoms with Crippen LogP contribution in [0.15, 0.2) is 35.9 Å². The topological polar surface area (TPSA) is 63.6 Å². The minimum Gasteiger partial charge on any atom is -0.478 e. The predicted molar refractivity (Wildman–Crippen MR) is 73.8 cm³/mol. The first-order chi connectivity index (χ1) is 9.65. The number of quaternary nitrogens is 1. The molecule has 0 bridgehead atoms. The Morgan fingerprint density at radius 3 is 2.45 bits per heavy atom. The molecule has 0 aromatic heterocycles. The van der Waals surface area contributed by atoms with Crippen molar-refractivity contribution in [2.75, 3.05) is 32.8 Å². The summed E-state index contributed by atoms with van der Waals surface area (Å²) >= 11 is 0. The van der Waals surface area contributed by atoms with Crippen LogP contribution in [-0.4, -0.2) is 54.8 Å². The highest BCUT2D eigenvalue weighted by Gasteiger charge is 2.33. The fourth-order valence-corrected chi connectivity index (χ4v) is 2.27. The van der Waals surface area contributed by atoms with Gasteiger partial charge in [0.15, 0.2) is 0 Å². The van der Waals surface area contributed by atoms with Gasteiger partial charge in [-0.05, 0) is 11.6 Å². The maximum atomic E-state index is 11.4. The number of carbonyl (C=O) groups excluding carboxylic acids is 1. The van der Waals surface area contributed by atoms with Gasteiger partial charge in [-0.25, -0.2) is 9.59 Å². The number of amides is 1. The van der Waals surface area contributed by atoms with Crippen molar-refractivity contribution < 1.29 is 23.9 Å². The van der Waals surface area contributed by atoms with Gasteiger partial charge in [0.1, 0.15) is 19.6 Å². The van der Waals surface area contributed by atoms with Crippen LogP contribution >= 0.6 is 0 Å². The SMILES string of the molecule is O=C[N+]1(CC(=Cc2ccccc2)C(=O)O)CCOCC1. The Balaban J connectivity index is 2.23.